The van der Waals surface area contributed by atoms with Crippen molar-refractivity contribution >= 4 is 17.8 Å². The Labute approximate surface area is 186 Å². The predicted molar refractivity (Wildman–Crippen MR) is 117 cm³/mol. The minimum atomic E-state index is -0.855. The van der Waals surface area contributed by atoms with Crippen molar-refractivity contribution in [1.29, 1.82) is 0 Å². The quantitative estimate of drug-likeness (QED) is 0.649. The number of hydrogen-bond acceptors (Lipinski definition) is 4. The van der Waals surface area contributed by atoms with Crippen LogP contribution in [0.4, 0.5) is 9.18 Å². The van der Waals surface area contributed by atoms with E-state index in [4.69, 9.17) is 5.73 Å². The molecule has 0 unspecified atom stereocenters. The largest absolute Gasteiger partial charge is 0.366 e. The molecular weight excluding hydrogens is 411 g/mol. The van der Waals surface area contributed by atoms with Gasteiger partial charge in [0.1, 0.15) is 11.4 Å². The van der Waals surface area contributed by atoms with E-state index in [9.17, 15) is 18.8 Å². The maximum Gasteiger partial charge on any atom is 0.325 e. The first-order valence-electron chi connectivity index (χ1n) is 10.9. The van der Waals surface area contributed by atoms with Crippen LogP contribution in [0.3, 0.4) is 0 Å². The Bertz CT molecular complexity index is 1020. The predicted octanol–water partition coefficient (Wildman–Crippen LogP) is 2.44. The van der Waals surface area contributed by atoms with Crippen molar-refractivity contribution in [2.24, 2.45) is 5.73 Å². The SMILES string of the molecule is NC(=O)c1ccccc1CCCN1CCC2(CC1)NC(=O)N(Cc1ccc(F)cc1)C2=O. The van der Waals surface area contributed by atoms with Crippen molar-refractivity contribution in [3.63, 3.8) is 0 Å². The third kappa shape index (κ3) is 4.50. The number of likely N-dealkylation sites (tertiary alicyclic amines) is 1. The number of imide groups is 1. The number of primary amides is 1. The molecule has 0 bridgehead atoms. The van der Waals surface area contributed by atoms with Gasteiger partial charge in [-0.15, -0.1) is 0 Å². The number of carbonyl (C=O) groups excluding carboxylic acids is 3. The first kappa shape index (κ1) is 22.0. The van der Waals surface area contributed by atoms with E-state index < -0.39 is 17.5 Å². The molecule has 3 N–H and O–H groups in total. The van der Waals surface area contributed by atoms with E-state index in [0.717, 1.165) is 24.9 Å². The van der Waals surface area contributed by atoms with Gasteiger partial charge in [0.2, 0.25) is 5.91 Å². The van der Waals surface area contributed by atoms with Crippen molar-refractivity contribution in [2.45, 2.75) is 37.8 Å². The maximum atomic E-state index is 13.1. The van der Waals surface area contributed by atoms with Crippen LogP contribution in [0.1, 0.15) is 40.7 Å². The first-order chi connectivity index (χ1) is 15.4. The van der Waals surface area contributed by atoms with Gasteiger partial charge in [-0.3, -0.25) is 14.5 Å². The zero-order chi connectivity index (χ0) is 22.7. The number of halogens is 1. The molecule has 4 amide bonds. The number of nitrogens with zero attached hydrogens (tertiary/aromatic N) is 2. The van der Waals surface area contributed by atoms with E-state index >= 15 is 0 Å². The zero-order valence-corrected chi connectivity index (χ0v) is 17.9. The van der Waals surface area contributed by atoms with Gasteiger partial charge in [0.05, 0.1) is 6.54 Å². The number of benzene rings is 2. The lowest BCUT2D eigenvalue weighted by molar-refractivity contribution is -0.133. The van der Waals surface area contributed by atoms with Crippen LogP contribution in [0.25, 0.3) is 0 Å². The van der Waals surface area contributed by atoms with Crippen LogP contribution in [-0.2, 0) is 17.8 Å². The van der Waals surface area contributed by atoms with Crippen LogP contribution >= 0.6 is 0 Å². The van der Waals surface area contributed by atoms with E-state index in [-0.39, 0.29) is 18.3 Å². The van der Waals surface area contributed by atoms with Crippen LogP contribution in [0.5, 0.6) is 0 Å². The summed E-state index contributed by atoms with van der Waals surface area (Å²) < 4.78 is 13.1. The summed E-state index contributed by atoms with van der Waals surface area (Å²) in [7, 11) is 0. The molecule has 4 rings (SSSR count). The lowest BCUT2D eigenvalue weighted by atomic mass is 9.87. The van der Waals surface area contributed by atoms with Gasteiger partial charge in [-0.1, -0.05) is 30.3 Å². The molecule has 2 fully saturated rings. The molecular formula is C24H27FN4O3. The summed E-state index contributed by atoms with van der Waals surface area (Å²) in [5.74, 6) is -0.976. The number of nitrogens with two attached hydrogens (primary N) is 1. The number of carbonyl (C=O) groups is 3. The average Bonchev–Trinajstić information content (AvgIpc) is 3.01. The Morgan fingerprint density at radius 2 is 1.75 bits per heavy atom. The van der Waals surface area contributed by atoms with Gasteiger partial charge in [-0.25, -0.2) is 9.18 Å². The number of rotatable bonds is 7. The van der Waals surface area contributed by atoms with E-state index in [0.29, 0.717) is 37.1 Å². The highest BCUT2D eigenvalue weighted by molar-refractivity contribution is 6.07. The lowest BCUT2D eigenvalue weighted by Gasteiger charge is -2.37. The second-order valence-corrected chi connectivity index (χ2v) is 8.50. The van der Waals surface area contributed by atoms with Crippen LogP contribution in [0.15, 0.2) is 48.5 Å². The van der Waals surface area contributed by atoms with Crippen LogP contribution < -0.4 is 11.1 Å². The Hall–Kier alpha value is -3.26. The molecule has 0 radical (unpaired) electrons. The molecule has 0 aromatic heterocycles. The van der Waals surface area contributed by atoms with Gasteiger partial charge in [-0.2, -0.15) is 0 Å². The second kappa shape index (κ2) is 9.08. The third-order valence-corrected chi connectivity index (χ3v) is 6.41. The summed E-state index contributed by atoms with van der Waals surface area (Å²) in [5, 5.41) is 2.91. The normalized spacial score (nSPS) is 18.2. The summed E-state index contributed by atoms with van der Waals surface area (Å²) >= 11 is 0. The summed E-state index contributed by atoms with van der Waals surface area (Å²) in [5.41, 5.74) is 6.81. The Morgan fingerprint density at radius 1 is 1.06 bits per heavy atom. The third-order valence-electron chi connectivity index (χ3n) is 6.41. The Kier molecular flexibility index (Phi) is 6.23. The molecule has 2 aromatic carbocycles. The van der Waals surface area contributed by atoms with Gasteiger partial charge in [0, 0.05) is 18.7 Å². The van der Waals surface area contributed by atoms with Gasteiger partial charge in [0.15, 0.2) is 0 Å². The molecule has 32 heavy (non-hydrogen) atoms. The van der Waals surface area contributed by atoms with Crippen molar-refractivity contribution in [3.05, 3.63) is 71.0 Å². The van der Waals surface area contributed by atoms with Crippen molar-refractivity contribution in [2.75, 3.05) is 19.6 Å². The monoisotopic (exact) mass is 438 g/mol. The highest BCUT2D eigenvalue weighted by Crippen LogP contribution is 2.30. The van der Waals surface area contributed by atoms with E-state index in [1.54, 1.807) is 24.3 Å². The number of hydrogen-bond donors (Lipinski definition) is 2. The highest BCUT2D eigenvalue weighted by atomic mass is 19.1. The fourth-order valence-electron chi connectivity index (χ4n) is 4.56. The standard InChI is InChI=1S/C24H27FN4O3/c25-19-9-7-17(8-10-19)16-29-22(31)24(27-23(29)32)11-14-28(15-12-24)13-3-5-18-4-1-2-6-20(18)21(26)30/h1-2,4,6-10H,3,5,11-16H2,(H2,26,30)(H,27,32). The van der Waals surface area contributed by atoms with Crippen LogP contribution in [0.2, 0.25) is 0 Å². The number of nitrogens with one attached hydrogen (secondary N) is 1. The molecule has 1 spiro atoms. The molecule has 0 saturated carbocycles. The van der Waals surface area contributed by atoms with Gasteiger partial charge < -0.3 is 16.0 Å². The van der Waals surface area contributed by atoms with E-state index in [1.165, 1.54) is 17.0 Å². The van der Waals surface area contributed by atoms with Crippen molar-refractivity contribution in [3.8, 4) is 0 Å². The van der Waals surface area contributed by atoms with Crippen molar-refractivity contribution in [1.82, 2.24) is 15.1 Å². The van der Waals surface area contributed by atoms with Crippen molar-refractivity contribution < 1.29 is 18.8 Å². The topological polar surface area (TPSA) is 95.7 Å². The molecule has 8 heteroatoms. The van der Waals surface area contributed by atoms with E-state index in [2.05, 4.69) is 10.2 Å². The second-order valence-electron chi connectivity index (χ2n) is 8.50. The molecule has 168 valence electrons. The number of aryl methyl sites for hydroxylation is 1. The highest BCUT2D eigenvalue weighted by Gasteiger charge is 2.52. The molecule has 2 heterocycles. The molecule has 7 nitrogen and oxygen atoms in total. The Morgan fingerprint density at radius 3 is 2.44 bits per heavy atom. The number of amides is 4. The minimum Gasteiger partial charge on any atom is -0.366 e. The molecule has 2 aliphatic rings. The minimum absolute atomic E-state index is 0.135. The fourth-order valence-corrected chi connectivity index (χ4v) is 4.56. The molecule has 0 atom stereocenters. The first-order valence-corrected chi connectivity index (χ1v) is 10.9. The van der Waals surface area contributed by atoms with E-state index in [1.807, 2.05) is 12.1 Å². The fraction of sp³-hybridized carbons (Fsp3) is 0.375. The zero-order valence-electron chi connectivity index (χ0n) is 17.9. The number of piperidine rings is 1. The molecule has 0 aliphatic carbocycles. The summed E-state index contributed by atoms with van der Waals surface area (Å²) in [4.78, 5) is 40.6. The van der Waals surface area contributed by atoms with Gasteiger partial charge in [-0.05, 0) is 61.6 Å². The van der Waals surface area contributed by atoms with Gasteiger partial charge >= 0.3 is 6.03 Å². The van der Waals surface area contributed by atoms with Crippen LogP contribution in [-0.4, -0.2) is 52.8 Å². The smallest absolute Gasteiger partial charge is 0.325 e. The van der Waals surface area contributed by atoms with Crippen LogP contribution in [0, 0.1) is 5.82 Å². The lowest BCUT2D eigenvalue weighted by Crippen LogP contribution is -2.55. The number of urea groups is 1. The molecule has 2 aliphatic heterocycles. The molecule has 2 aromatic rings. The Balaban J connectivity index is 1.30. The summed E-state index contributed by atoms with van der Waals surface area (Å²) in [6.07, 6.45) is 2.72. The van der Waals surface area contributed by atoms with Gasteiger partial charge in [0.25, 0.3) is 5.91 Å². The summed E-state index contributed by atoms with van der Waals surface area (Å²) in [6.45, 7) is 2.38. The summed E-state index contributed by atoms with van der Waals surface area (Å²) in [6, 6.07) is 12.8. The average molecular weight is 439 g/mol. The maximum absolute atomic E-state index is 13.1. The molecule has 2 saturated heterocycles.